The summed E-state index contributed by atoms with van der Waals surface area (Å²) < 4.78 is 11.1. The lowest BCUT2D eigenvalue weighted by atomic mass is 9.76. The molecule has 5 nitrogen and oxygen atoms in total. The van der Waals surface area contributed by atoms with Crippen LogP contribution in [0.4, 0.5) is 0 Å². The van der Waals surface area contributed by atoms with E-state index >= 15 is 0 Å². The summed E-state index contributed by atoms with van der Waals surface area (Å²) >= 11 is 0. The second-order valence-corrected chi connectivity index (χ2v) is 6.72. The zero-order valence-corrected chi connectivity index (χ0v) is 12.3. The smallest absolute Gasteiger partial charge is 0.335 e. The number of aliphatic hydroxyl groups is 1. The van der Waals surface area contributed by atoms with Crippen LogP contribution in [0.1, 0.15) is 47.0 Å². The van der Waals surface area contributed by atoms with Gasteiger partial charge < -0.3 is 14.6 Å². The summed E-state index contributed by atoms with van der Waals surface area (Å²) in [6.45, 7) is 7.77. The molecule has 3 atom stereocenters. The van der Waals surface area contributed by atoms with Gasteiger partial charge in [0.25, 0.3) is 0 Å². The van der Waals surface area contributed by atoms with Gasteiger partial charge in [-0.3, -0.25) is 0 Å². The van der Waals surface area contributed by atoms with E-state index in [1.165, 1.54) is 0 Å². The molecule has 0 radical (unpaired) electrons. The maximum atomic E-state index is 12.4. The van der Waals surface area contributed by atoms with Crippen molar-refractivity contribution in [3.05, 3.63) is 0 Å². The maximum Gasteiger partial charge on any atom is 0.335 e. The van der Waals surface area contributed by atoms with Gasteiger partial charge in [-0.2, -0.15) is 0 Å². The zero-order chi connectivity index (χ0) is 14.5. The molecular formula is C14H23NO4. The molecule has 1 spiro atoms. The van der Waals surface area contributed by atoms with Crippen LogP contribution in [0.2, 0.25) is 0 Å². The van der Waals surface area contributed by atoms with Crippen molar-refractivity contribution in [3.63, 3.8) is 0 Å². The van der Waals surface area contributed by atoms with Crippen LogP contribution < -0.4 is 0 Å². The van der Waals surface area contributed by atoms with Gasteiger partial charge in [-0.25, -0.2) is 9.79 Å². The largest absolute Gasteiger partial charge is 0.481 e. The average Bonchev–Trinajstić information content (AvgIpc) is 2.65. The van der Waals surface area contributed by atoms with Gasteiger partial charge in [-0.05, 0) is 19.8 Å². The molecule has 0 aromatic carbocycles. The quantitative estimate of drug-likeness (QED) is 0.679. The van der Waals surface area contributed by atoms with Crippen molar-refractivity contribution in [2.24, 2.45) is 10.4 Å². The molecule has 108 valence electrons. The van der Waals surface area contributed by atoms with Crippen molar-refractivity contribution in [3.8, 4) is 0 Å². The lowest BCUT2D eigenvalue weighted by Crippen LogP contribution is -2.59. The lowest BCUT2D eigenvalue weighted by molar-refractivity contribution is -0.172. The summed E-state index contributed by atoms with van der Waals surface area (Å²) in [6.07, 6.45) is 0.911. The van der Waals surface area contributed by atoms with Gasteiger partial charge >= 0.3 is 5.97 Å². The minimum Gasteiger partial charge on any atom is -0.481 e. The van der Waals surface area contributed by atoms with Gasteiger partial charge in [-0.1, -0.05) is 20.8 Å². The van der Waals surface area contributed by atoms with Crippen molar-refractivity contribution in [1.29, 1.82) is 0 Å². The van der Waals surface area contributed by atoms with Crippen LogP contribution >= 0.6 is 0 Å². The van der Waals surface area contributed by atoms with Gasteiger partial charge in [0.05, 0.1) is 13.2 Å². The predicted molar refractivity (Wildman–Crippen MR) is 71.0 cm³/mol. The molecular weight excluding hydrogens is 246 g/mol. The second kappa shape index (κ2) is 4.20. The number of ether oxygens (including phenoxy) is 2. The maximum absolute atomic E-state index is 12.4. The summed E-state index contributed by atoms with van der Waals surface area (Å²) in [5, 5.41) is 9.70. The monoisotopic (exact) mass is 269 g/mol. The fourth-order valence-electron chi connectivity index (χ4n) is 2.67. The number of hydrogen-bond acceptors (Lipinski definition) is 5. The Hall–Kier alpha value is -1.10. The molecule has 19 heavy (non-hydrogen) atoms. The minimum atomic E-state index is -0.949. The molecule has 3 unspecified atom stereocenters. The van der Waals surface area contributed by atoms with Crippen molar-refractivity contribution >= 4 is 11.9 Å². The topological polar surface area (TPSA) is 68.1 Å². The minimum absolute atomic E-state index is 0.318. The summed E-state index contributed by atoms with van der Waals surface area (Å²) in [4.78, 5) is 16.9. The van der Waals surface area contributed by atoms with Gasteiger partial charge in [0.2, 0.25) is 5.90 Å². The number of cyclic esters (lactones) is 1. The van der Waals surface area contributed by atoms with Crippen molar-refractivity contribution in [2.45, 2.75) is 64.2 Å². The highest BCUT2D eigenvalue weighted by molar-refractivity contribution is 5.96. The predicted octanol–water partition coefficient (Wildman–Crippen LogP) is 1.68. The van der Waals surface area contributed by atoms with Crippen LogP contribution in [0.25, 0.3) is 0 Å². The van der Waals surface area contributed by atoms with E-state index in [1.54, 1.807) is 7.11 Å². The molecule has 0 saturated heterocycles. The standard InChI is InChI=1S/C14H23NO4/c1-12(2,3)13(4)10(18-5)15-14(11(17)19-13)7-6-9(16)8-14/h9,16H,6-8H2,1-5H3. The number of aliphatic imine (C=N–C) groups is 1. The van der Waals surface area contributed by atoms with E-state index in [9.17, 15) is 9.90 Å². The molecule has 2 aliphatic rings. The Morgan fingerprint density at radius 3 is 2.53 bits per heavy atom. The first-order valence-electron chi connectivity index (χ1n) is 6.70. The van der Waals surface area contributed by atoms with Crippen LogP contribution in [0.5, 0.6) is 0 Å². The van der Waals surface area contributed by atoms with E-state index in [0.29, 0.717) is 25.2 Å². The van der Waals surface area contributed by atoms with Gasteiger partial charge in [0.1, 0.15) is 0 Å². The van der Waals surface area contributed by atoms with E-state index in [2.05, 4.69) is 4.99 Å². The molecule has 1 saturated carbocycles. The van der Waals surface area contributed by atoms with E-state index in [-0.39, 0.29) is 11.4 Å². The van der Waals surface area contributed by atoms with Crippen LogP contribution in [-0.4, -0.2) is 41.3 Å². The second-order valence-electron chi connectivity index (χ2n) is 6.72. The van der Waals surface area contributed by atoms with Gasteiger partial charge in [0, 0.05) is 11.8 Å². The van der Waals surface area contributed by atoms with Crippen LogP contribution in [-0.2, 0) is 14.3 Å². The van der Waals surface area contributed by atoms with Crippen LogP contribution in [0.3, 0.4) is 0 Å². The lowest BCUT2D eigenvalue weighted by Gasteiger charge is -2.45. The van der Waals surface area contributed by atoms with Crippen molar-refractivity contribution < 1.29 is 19.4 Å². The summed E-state index contributed by atoms with van der Waals surface area (Å²) in [5.41, 5.74) is -2.15. The first kappa shape index (κ1) is 14.3. The highest BCUT2D eigenvalue weighted by Crippen LogP contribution is 2.45. The molecule has 0 bridgehead atoms. The summed E-state index contributed by atoms with van der Waals surface area (Å²) in [6, 6.07) is 0. The Morgan fingerprint density at radius 2 is 2.11 bits per heavy atom. The Balaban J connectivity index is 2.46. The molecule has 1 heterocycles. The van der Waals surface area contributed by atoms with E-state index in [4.69, 9.17) is 9.47 Å². The molecule has 1 aliphatic carbocycles. The normalized spacial score (nSPS) is 39.2. The average molecular weight is 269 g/mol. The molecule has 2 rings (SSSR count). The third kappa shape index (κ3) is 2.04. The number of methoxy groups -OCH3 is 1. The Bertz CT molecular complexity index is 426. The third-order valence-electron chi connectivity index (χ3n) is 4.49. The fraction of sp³-hybridized carbons (Fsp3) is 0.857. The molecule has 1 aliphatic heterocycles. The third-order valence-corrected chi connectivity index (χ3v) is 4.49. The molecule has 0 amide bonds. The SMILES string of the molecule is COC1=NC2(CCC(O)C2)C(=O)OC1(C)C(C)(C)C. The fourth-order valence-corrected chi connectivity index (χ4v) is 2.67. The van der Waals surface area contributed by atoms with Gasteiger partial charge in [0.15, 0.2) is 11.1 Å². The number of esters is 1. The van der Waals surface area contributed by atoms with Gasteiger partial charge in [-0.15, -0.1) is 0 Å². The first-order valence-corrected chi connectivity index (χ1v) is 6.70. The Kier molecular flexibility index (Phi) is 3.16. The number of nitrogens with zero attached hydrogens (tertiary/aromatic N) is 1. The Morgan fingerprint density at radius 1 is 1.47 bits per heavy atom. The van der Waals surface area contributed by atoms with E-state index in [0.717, 1.165) is 0 Å². The highest BCUT2D eigenvalue weighted by Gasteiger charge is 2.58. The van der Waals surface area contributed by atoms with Crippen molar-refractivity contribution in [2.75, 3.05) is 7.11 Å². The van der Waals surface area contributed by atoms with Crippen LogP contribution in [0, 0.1) is 5.41 Å². The molecule has 0 aromatic heterocycles. The van der Waals surface area contributed by atoms with Crippen LogP contribution in [0.15, 0.2) is 4.99 Å². The van der Waals surface area contributed by atoms with Crippen molar-refractivity contribution in [1.82, 2.24) is 0 Å². The number of carbonyl (C=O) groups is 1. The zero-order valence-electron chi connectivity index (χ0n) is 12.3. The number of carbonyl (C=O) groups excluding carboxylic acids is 1. The Labute approximate surface area is 114 Å². The molecule has 0 aromatic rings. The number of rotatable bonds is 0. The molecule has 1 fully saturated rings. The highest BCUT2D eigenvalue weighted by atomic mass is 16.6. The summed E-state index contributed by atoms with van der Waals surface area (Å²) in [5.74, 6) is 0.0935. The summed E-state index contributed by atoms with van der Waals surface area (Å²) in [7, 11) is 1.54. The number of aliphatic hydroxyl groups excluding tert-OH is 1. The van der Waals surface area contributed by atoms with E-state index in [1.807, 2.05) is 27.7 Å². The van der Waals surface area contributed by atoms with E-state index < -0.39 is 17.2 Å². The molecule has 5 heteroatoms. The first-order chi connectivity index (χ1) is 8.64. The molecule has 1 N–H and O–H groups in total. The number of hydrogen-bond donors (Lipinski definition) is 1.